The molecular weight excluding hydrogens is 219 g/mol. The summed E-state index contributed by atoms with van der Waals surface area (Å²) in [4.78, 5) is 4.04. The summed E-state index contributed by atoms with van der Waals surface area (Å²) in [6.07, 6.45) is 1.66. The Morgan fingerprint density at radius 3 is 2.83 bits per heavy atom. The summed E-state index contributed by atoms with van der Waals surface area (Å²) in [7, 11) is 0. The molecule has 0 aliphatic carbocycles. The number of hydrogen-bond acceptors (Lipinski definition) is 4. The number of rotatable bonds is 3. The predicted molar refractivity (Wildman–Crippen MR) is 51.2 cm³/mol. The molecule has 2 N–H and O–H groups in total. The third-order valence-electron chi connectivity index (χ3n) is 1.22. The van der Waals surface area contributed by atoms with Gasteiger partial charge < -0.3 is 0 Å². The zero-order valence-corrected chi connectivity index (χ0v) is 8.06. The summed E-state index contributed by atoms with van der Waals surface area (Å²) in [5.74, 6) is 0.642. The van der Waals surface area contributed by atoms with Gasteiger partial charge in [0.2, 0.25) is 0 Å². The van der Waals surface area contributed by atoms with Crippen molar-refractivity contribution in [1.82, 2.24) is 4.98 Å². The van der Waals surface area contributed by atoms with Crippen LogP contribution in [0, 0.1) is 0 Å². The molecule has 0 fully saturated rings. The van der Waals surface area contributed by atoms with Crippen LogP contribution >= 0.6 is 0 Å². The van der Waals surface area contributed by atoms with E-state index in [9.17, 15) is 0 Å². The number of nitrogens with zero attached hydrogens (tertiary/aromatic N) is 3. The van der Waals surface area contributed by atoms with Crippen molar-refractivity contribution in [3.8, 4) is 0 Å². The Kier molecular flexibility index (Phi) is 2.96. The molecule has 0 aromatic carbocycles. The van der Waals surface area contributed by atoms with E-state index in [0.29, 0.717) is 10.5 Å². The second kappa shape index (κ2) is 3.99. The van der Waals surface area contributed by atoms with Crippen LogP contribution in [-0.4, -0.2) is 31.9 Å². The third kappa shape index (κ3) is 1.90. The molecule has 1 aromatic heterocycles. The van der Waals surface area contributed by atoms with Crippen molar-refractivity contribution >= 4 is 32.8 Å². The van der Waals surface area contributed by atoms with Crippen LogP contribution in [0.25, 0.3) is 0 Å². The van der Waals surface area contributed by atoms with Crippen LogP contribution in [0.5, 0.6) is 0 Å². The van der Waals surface area contributed by atoms with Gasteiger partial charge in [-0.15, -0.1) is 0 Å². The Bertz CT molecular complexity index is 285. The summed E-state index contributed by atoms with van der Waals surface area (Å²) in [5, 5.41) is 5.10. The van der Waals surface area contributed by atoms with Crippen molar-refractivity contribution in [3.63, 3.8) is 0 Å². The number of nitrogens with two attached hydrogens (primary N) is 1. The Morgan fingerprint density at radius 1 is 1.67 bits per heavy atom. The first-order valence-corrected chi connectivity index (χ1v) is 4.08. The van der Waals surface area contributed by atoms with E-state index in [1.807, 2.05) is 12.1 Å². The van der Waals surface area contributed by atoms with Gasteiger partial charge in [-0.05, 0) is 0 Å². The number of hydrazone groups is 1. The molecule has 0 aliphatic rings. The fourth-order valence-electron chi connectivity index (χ4n) is 0.734. The maximum absolute atomic E-state index is 5.49. The van der Waals surface area contributed by atoms with Gasteiger partial charge in [0.1, 0.15) is 0 Å². The molecule has 0 saturated carbocycles. The third-order valence-corrected chi connectivity index (χ3v) is 1.58. The molecule has 1 rings (SSSR count). The van der Waals surface area contributed by atoms with Crippen molar-refractivity contribution in [3.05, 3.63) is 24.4 Å². The Labute approximate surface area is 78.4 Å². The number of aromatic nitrogens is 1. The molecule has 5 heteroatoms. The van der Waals surface area contributed by atoms with Gasteiger partial charge in [0.15, 0.2) is 0 Å². The first-order valence-electron chi connectivity index (χ1n) is 3.23. The molecule has 12 heavy (non-hydrogen) atoms. The van der Waals surface area contributed by atoms with Crippen LogP contribution in [0.2, 0.25) is 0 Å². The number of pyridine rings is 1. The van der Waals surface area contributed by atoms with E-state index in [2.05, 4.69) is 32.4 Å². The quantitative estimate of drug-likeness (QED) is 0.439. The van der Waals surface area contributed by atoms with Crippen LogP contribution in [0.1, 0.15) is 0 Å². The molecular formula is C7H8N4Se. The molecule has 4 nitrogen and oxygen atoms in total. The number of anilines is 1. The summed E-state index contributed by atoms with van der Waals surface area (Å²) in [6.45, 7) is 3.37. The van der Waals surface area contributed by atoms with Crippen molar-refractivity contribution in [2.45, 2.75) is 0 Å². The fraction of sp³-hybridized carbons (Fsp3) is 0. The van der Waals surface area contributed by atoms with Gasteiger partial charge in [0.25, 0.3) is 0 Å². The standard InChI is InChI=1S/C7H8N4Se/c1-9-11(7(8)12)6-4-2-3-5-10-6/h2-5H,1H2,(H2,8,12). The molecule has 0 radical (unpaired) electrons. The minimum atomic E-state index is 0.420. The molecule has 0 unspecified atom stereocenters. The summed E-state index contributed by atoms with van der Waals surface area (Å²) >= 11 is 2.64. The molecule has 0 aliphatic heterocycles. The Balaban J connectivity index is 2.95. The average molecular weight is 227 g/mol. The first kappa shape index (κ1) is 8.90. The van der Waals surface area contributed by atoms with Gasteiger partial charge in [0.05, 0.1) is 0 Å². The average Bonchev–Trinajstić information content (AvgIpc) is 2.07. The maximum atomic E-state index is 5.49. The van der Waals surface area contributed by atoms with Crippen LogP contribution in [0.4, 0.5) is 5.82 Å². The van der Waals surface area contributed by atoms with Gasteiger partial charge in [0, 0.05) is 0 Å². The minimum absolute atomic E-state index is 0.420. The topological polar surface area (TPSA) is 54.5 Å². The molecule has 1 aromatic rings. The molecule has 1 heterocycles. The molecule has 62 valence electrons. The van der Waals surface area contributed by atoms with E-state index < -0.39 is 0 Å². The number of hydrogen-bond donors (Lipinski definition) is 1. The SMILES string of the molecule is C=NN(C(N)=[Se])c1ccccn1. The van der Waals surface area contributed by atoms with E-state index in [1.165, 1.54) is 5.01 Å². The summed E-state index contributed by atoms with van der Waals surface area (Å²) in [5.41, 5.74) is 5.49. The van der Waals surface area contributed by atoms with E-state index in [4.69, 9.17) is 5.73 Å². The zero-order chi connectivity index (χ0) is 8.97. The van der Waals surface area contributed by atoms with Crippen molar-refractivity contribution in [2.24, 2.45) is 10.8 Å². The monoisotopic (exact) mass is 228 g/mol. The van der Waals surface area contributed by atoms with E-state index >= 15 is 0 Å². The second-order valence-corrected chi connectivity index (χ2v) is 2.86. The molecule has 0 amide bonds. The van der Waals surface area contributed by atoms with Gasteiger partial charge >= 0.3 is 78.0 Å². The van der Waals surface area contributed by atoms with E-state index in [0.717, 1.165) is 0 Å². The zero-order valence-electron chi connectivity index (χ0n) is 6.34. The van der Waals surface area contributed by atoms with Crippen LogP contribution < -0.4 is 10.7 Å². The van der Waals surface area contributed by atoms with Gasteiger partial charge in [-0.25, -0.2) is 0 Å². The van der Waals surface area contributed by atoms with Crippen LogP contribution in [0.15, 0.2) is 29.5 Å². The van der Waals surface area contributed by atoms with Crippen molar-refractivity contribution in [1.29, 1.82) is 0 Å². The van der Waals surface area contributed by atoms with Gasteiger partial charge in [-0.3, -0.25) is 0 Å². The Morgan fingerprint density at radius 2 is 2.42 bits per heavy atom. The molecule has 0 saturated heterocycles. The van der Waals surface area contributed by atoms with Crippen molar-refractivity contribution in [2.75, 3.05) is 5.01 Å². The van der Waals surface area contributed by atoms with Gasteiger partial charge in [-0.2, -0.15) is 0 Å². The Hall–Kier alpha value is -1.19. The van der Waals surface area contributed by atoms with Crippen molar-refractivity contribution < 1.29 is 0 Å². The molecule has 0 spiro atoms. The summed E-state index contributed by atoms with van der Waals surface area (Å²) in [6, 6.07) is 5.46. The van der Waals surface area contributed by atoms with Crippen LogP contribution in [0.3, 0.4) is 0 Å². The van der Waals surface area contributed by atoms with Gasteiger partial charge in [-0.1, -0.05) is 0 Å². The van der Waals surface area contributed by atoms with E-state index in [1.54, 1.807) is 12.3 Å². The summed E-state index contributed by atoms with van der Waals surface area (Å²) < 4.78 is 0.420. The van der Waals surface area contributed by atoms with Crippen LogP contribution in [-0.2, 0) is 0 Å². The molecule has 0 atom stereocenters. The fourth-order valence-corrected chi connectivity index (χ4v) is 1.05. The predicted octanol–water partition coefficient (Wildman–Crippen LogP) is -0.282. The van der Waals surface area contributed by atoms with E-state index in [-0.39, 0.29) is 0 Å². The molecule has 0 bridgehead atoms. The first-order chi connectivity index (χ1) is 5.75. The second-order valence-electron chi connectivity index (χ2n) is 1.98. The normalized spacial score (nSPS) is 9.00.